The average Bonchev–Trinajstić information content (AvgIpc) is 2.77. The van der Waals surface area contributed by atoms with Crippen LogP contribution in [-0.2, 0) is 0 Å². The molecule has 0 bridgehead atoms. The molecule has 7 heteroatoms. The van der Waals surface area contributed by atoms with Gasteiger partial charge in [0.15, 0.2) is 5.75 Å². The summed E-state index contributed by atoms with van der Waals surface area (Å²) in [4.78, 5) is 22.3. The number of anilines is 1. The number of ether oxygens (including phenoxy) is 1. The predicted molar refractivity (Wildman–Crippen MR) is 123 cm³/mol. The molecule has 0 atom stereocenters. The molecule has 0 aliphatic heterocycles. The van der Waals surface area contributed by atoms with E-state index in [4.69, 9.17) is 21.3 Å². The Labute approximate surface area is 184 Å². The number of fused-ring (bicyclic) bond motifs is 1. The number of methoxy groups -OCH3 is 1. The Bertz CT molecular complexity index is 1290. The van der Waals surface area contributed by atoms with Crippen molar-refractivity contribution in [2.24, 2.45) is 0 Å². The number of hydrogen-bond donors (Lipinski definition) is 1. The van der Waals surface area contributed by atoms with Gasteiger partial charge in [-0.05, 0) is 47.0 Å². The van der Waals surface area contributed by atoms with Gasteiger partial charge >= 0.3 is 5.97 Å². The van der Waals surface area contributed by atoms with Crippen LogP contribution in [0.5, 0.6) is 5.75 Å². The SMILES string of the molecule is COc1c(-c2ccc(C(=O)O)cc2)cc(-c2cccc(Cl)c2)c2cnc(N(C)C)nc12. The van der Waals surface area contributed by atoms with E-state index in [0.717, 1.165) is 27.6 Å². The van der Waals surface area contributed by atoms with E-state index in [2.05, 4.69) is 4.98 Å². The van der Waals surface area contributed by atoms with Gasteiger partial charge in [0.25, 0.3) is 0 Å². The van der Waals surface area contributed by atoms with Crippen LogP contribution in [0.3, 0.4) is 0 Å². The van der Waals surface area contributed by atoms with Crippen molar-refractivity contribution in [1.82, 2.24) is 9.97 Å². The summed E-state index contributed by atoms with van der Waals surface area (Å²) < 4.78 is 5.79. The zero-order valence-electron chi connectivity index (χ0n) is 17.3. The molecule has 0 amide bonds. The molecule has 1 aromatic heterocycles. The zero-order chi connectivity index (χ0) is 22.1. The van der Waals surface area contributed by atoms with Crippen molar-refractivity contribution in [3.8, 4) is 28.0 Å². The fourth-order valence-corrected chi connectivity index (χ4v) is 3.67. The minimum atomic E-state index is -0.972. The van der Waals surface area contributed by atoms with Gasteiger partial charge in [-0.15, -0.1) is 0 Å². The van der Waals surface area contributed by atoms with E-state index < -0.39 is 5.97 Å². The van der Waals surface area contributed by atoms with Crippen molar-refractivity contribution < 1.29 is 14.6 Å². The first kappa shape index (κ1) is 20.6. The van der Waals surface area contributed by atoms with Crippen molar-refractivity contribution in [3.05, 3.63) is 71.4 Å². The first-order valence-electron chi connectivity index (χ1n) is 9.53. The van der Waals surface area contributed by atoms with Crippen LogP contribution in [0.25, 0.3) is 33.2 Å². The first-order valence-corrected chi connectivity index (χ1v) is 9.91. The second-order valence-electron chi connectivity index (χ2n) is 7.22. The molecule has 6 nitrogen and oxygen atoms in total. The van der Waals surface area contributed by atoms with E-state index in [9.17, 15) is 9.90 Å². The fourth-order valence-electron chi connectivity index (χ4n) is 3.48. The van der Waals surface area contributed by atoms with Crippen molar-refractivity contribution >= 4 is 34.4 Å². The molecular weight excluding hydrogens is 414 g/mol. The summed E-state index contributed by atoms with van der Waals surface area (Å²) in [5.41, 5.74) is 4.32. The molecule has 4 aromatic rings. The van der Waals surface area contributed by atoms with Gasteiger partial charge in [-0.2, -0.15) is 0 Å². The molecule has 0 fully saturated rings. The summed E-state index contributed by atoms with van der Waals surface area (Å²) in [6, 6.07) is 16.3. The van der Waals surface area contributed by atoms with Gasteiger partial charge in [0, 0.05) is 36.3 Å². The number of aromatic nitrogens is 2. The number of rotatable bonds is 5. The van der Waals surface area contributed by atoms with Gasteiger partial charge in [0.2, 0.25) is 5.95 Å². The molecular formula is C24H20ClN3O3. The molecule has 0 spiro atoms. The molecule has 0 saturated carbocycles. The minimum absolute atomic E-state index is 0.218. The summed E-state index contributed by atoms with van der Waals surface area (Å²) >= 11 is 6.26. The van der Waals surface area contributed by atoms with Crippen LogP contribution in [0.15, 0.2) is 60.8 Å². The number of nitrogens with zero attached hydrogens (tertiary/aromatic N) is 3. The number of carbonyl (C=O) groups is 1. The van der Waals surface area contributed by atoms with Crippen LogP contribution in [0, 0.1) is 0 Å². The van der Waals surface area contributed by atoms with Gasteiger partial charge in [0.05, 0.1) is 12.7 Å². The third kappa shape index (κ3) is 3.90. The summed E-state index contributed by atoms with van der Waals surface area (Å²) in [6.07, 6.45) is 1.79. The van der Waals surface area contributed by atoms with Crippen LogP contribution in [-0.4, -0.2) is 42.2 Å². The Kier molecular flexibility index (Phi) is 5.48. The van der Waals surface area contributed by atoms with E-state index in [-0.39, 0.29) is 5.56 Å². The standard InChI is InChI=1S/C24H20ClN3O3/c1-28(2)24-26-13-20-18(16-5-4-6-17(25)11-16)12-19(22(31-3)21(20)27-24)14-7-9-15(10-8-14)23(29)30/h4-13H,1-3H3,(H,29,30). The highest BCUT2D eigenvalue weighted by atomic mass is 35.5. The van der Waals surface area contributed by atoms with Gasteiger partial charge in [-0.25, -0.2) is 14.8 Å². The average molecular weight is 434 g/mol. The lowest BCUT2D eigenvalue weighted by molar-refractivity contribution is 0.0697. The smallest absolute Gasteiger partial charge is 0.335 e. The Hall–Kier alpha value is -3.64. The van der Waals surface area contributed by atoms with Gasteiger partial charge in [-0.3, -0.25) is 0 Å². The zero-order valence-corrected chi connectivity index (χ0v) is 18.0. The highest BCUT2D eigenvalue weighted by molar-refractivity contribution is 6.31. The lowest BCUT2D eigenvalue weighted by Crippen LogP contribution is -2.12. The number of aromatic carboxylic acids is 1. The fraction of sp³-hybridized carbons (Fsp3) is 0.125. The van der Waals surface area contributed by atoms with Crippen LogP contribution < -0.4 is 9.64 Å². The molecule has 3 aromatic carbocycles. The molecule has 0 aliphatic rings. The molecule has 156 valence electrons. The summed E-state index contributed by atoms with van der Waals surface area (Å²) in [5.74, 6) is 0.176. The van der Waals surface area contributed by atoms with Crippen molar-refractivity contribution in [2.45, 2.75) is 0 Å². The quantitative estimate of drug-likeness (QED) is 0.454. The molecule has 1 N–H and O–H groups in total. The molecule has 0 aliphatic carbocycles. The van der Waals surface area contributed by atoms with Crippen LogP contribution >= 0.6 is 11.6 Å². The second kappa shape index (κ2) is 8.24. The maximum absolute atomic E-state index is 11.3. The highest BCUT2D eigenvalue weighted by Gasteiger charge is 2.19. The van der Waals surface area contributed by atoms with E-state index >= 15 is 0 Å². The van der Waals surface area contributed by atoms with E-state index in [1.54, 1.807) is 37.6 Å². The molecule has 31 heavy (non-hydrogen) atoms. The third-order valence-corrected chi connectivity index (χ3v) is 5.23. The molecule has 0 radical (unpaired) electrons. The summed E-state index contributed by atoms with van der Waals surface area (Å²) in [5, 5.41) is 10.7. The molecule has 0 saturated heterocycles. The normalized spacial score (nSPS) is 10.8. The minimum Gasteiger partial charge on any atom is -0.494 e. The van der Waals surface area contributed by atoms with Crippen molar-refractivity contribution in [2.75, 3.05) is 26.1 Å². The molecule has 4 rings (SSSR count). The Morgan fingerprint density at radius 1 is 1.03 bits per heavy atom. The number of halogens is 1. The number of benzene rings is 3. The number of hydrogen-bond acceptors (Lipinski definition) is 5. The Morgan fingerprint density at radius 3 is 2.39 bits per heavy atom. The lowest BCUT2D eigenvalue weighted by Gasteiger charge is -2.18. The van der Waals surface area contributed by atoms with Gasteiger partial charge in [-0.1, -0.05) is 35.9 Å². The monoisotopic (exact) mass is 433 g/mol. The van der Waals surface area contributed by atoms with Crippen molar-refractivity contribution in [3.63, 3.8) is 0 Å². The lowest BCUT2D eigenvalue weighted by atomic mass is 9.94. The number of carboxylic acid groups (broad SMARTS) is 1. The van der Waals surface area contributed by atoms with E-state index in [1.165, 1.54) is 0 Å². The third-order valence-electron chi connectivity index (χ3n) is 5.00. The van der Waals surface area contributed by atoms with E-state index in [0.29, 0.717) is 22.2 Å². The highest BCUT2D eigenvalue weighted by Crippen LogP contribution is 2.42. The van der Waals surface area contributed by atoms with Gasteiger partial charge < -0.3 is 14.7 Å². The predicted octanol–water partition coefficient (Wildman–Crippen LogP) is 5.39. The molecule has 1 heterocycles. The first-order chi connectivity index (χ1) is 14.9. The second-order valence-corrected chi connectivity index (χ2v) is 7.66. The van der Waals surface area contributed by atoms with Crippen LogP contribution in [0.2, 0.25) is 5.02 Å². The largest absolute Gasteiger partial charge is 0.494 e. The Balaban J connectivity index is 2.05. The van der Waals surface area contributed by atoms with Crippen LogP contribution in [0.1, 0.15) is 10.4 Å². The Morgan fingerprint density at radius 2 is 1.77 bits per heavy atom. The van der Waals surface area contributed by atoms with Crippen molar-refractivity contribution in [1.29, 1.82) is 0 Å². The topological polar surface area (TPSA) is 75.6 Å². The summed E-state index contributed by atoms with van der Waals surface area (Å²) in [6.45, 7) is 0. The van der Waals surface area contributed by atoms with E-state index in [1.807, 2.05) is 49.3 Å². The van der Waals surface area contributed by atoms with Gasteiger partial charge in [0.1, 0.15) is 5.52 Å². The maximum Gasteiger partial charge on any atom is 0.335 e. The maximum atomic E-state index is 11.3. The number of carboxylic acids is 1. The van der Waals surface area contributed by atoms with Crippen LogP contribution in [0.4, 0.5) is 5.95 Å². The summed E-state index contributed by atoms with van der Waals surface area (Å²) in [7, 11) is 5.35. The molecule has 0 unspecified atom stereocenters.